The number of benzene rings is 1. The number of pyridine rings is 1. The van der Waals surface area contributed by atoms with Crippen LogP contribution < -0.4 is 14.8 Å². The Hall–Kier alpha value is -3.74. The molecule has 2 fully saturated rings. The highest BCUT2D eigenvalue weighted by Crippen LogP contribution is 2.44. The number of fused-ring (bicyclic) bond motifs is 1. The number of nitriles is 1. The van der Waals surface area contributed by atoms with Crippen LogP contribution in [-0.4, -0.2) is 41.5 Å². The second-order valence-corrected chi connectivity index (χ2v) is 8.62. The van der Waals surface area contributed by atoms with E-state index in [2.05, 4.69) is 21.2 Å². The van der Waals surface area contributed by atoms with Gasteiger partial charge in [-0.3, -0.25) is 4.79 Å². The van der Waals surface area contributed by atoms with Gasteiger partial charge in [0.05, 0.1) is 36.3 Å². The van der Waals surface area contributed by atoms with Crippen molar-refractivity contribution >= 4 is 11.4 Å². The van der Waals surface area contributed by atoms with Crippen LogP contribution in [0.2, 0.25) is 0 Å². The van der Waals surface area contributed by atoms with Gasteiger partial charge in [-0.05, 0) is 48.6 Å². The average molecular weight is 470 g/mol. The van der Waals surface area contributed by atoms with Gasteiger partial charge in [-0.25, -0.2) is 8.91 Å². The van der Waals surface area contributed by atoms with Gasteiger partial charge in [-0.1, -0.05) is 6.07 Å². The SMILES string of the molecule is COc1cc(-c2cnn3cc(C4(C#N)CCC4)ccc23)cc(OC(F)F)c1C(=O)NC1CC1F. The first-order valence-electron chi connectivity index (χ1n) is 10.9. The fourth-order valence-electron chi connectivity index (χ4n) is 4.36. The van der Waals surface area contributed by atoms with Crippen molar-refractivity contribution in [3.8, 4) is 28.7 Å². The Kier molecular flexibility index (Phi) is 5.35. The van der Waals surface area contributed by atoms with Gasteiger partial charge in [0, 0.05) is 18.2 Å². The molecule has 10 heteroatoms. The van der Waals surface area contributed by atoms with Gasteiger partial charge in [0.25, 0.3) is 5.91 Å². The Morgan fingerprint density at radius 3 is 2.65 bits per heavy atom. The van der Waals surface area contributed by atoms with Crippen molar-refractivity contribution in [2.75, 3.05) is 7.11 Å². The number of carbonyl (C=O) groups excluding carboxylic acids is 1. The molecule has 1 aromatic carbocycles. The largest absolute Gasteiger partial charge is 0.496 e. The number of nitrogens with zero attached hydrogens (tertiary/aromatic N) is 3. The second-order valence-electron chi connectivity index (χ2n) is 8.62. The molecule has 2 atom stereocenters. The fraction of sp³-hybridized carbons (Fsp3) is 0.375. The quantitative estimate of drug-likeness (QED) is 0.553. The third kappa shape index (κ3) is 3.71. The Balaban J connectivity index is 1.57. The molecule has 0 aliphatic heterocycles. The number of halogens is 3. The molecule has 3 aromatic rings. The van der Waals surface area contributed by atoms with Crippen molar-refractivity contribution in [3.05, 3.63) is 47.8 Å². The molecular formula is C24H21F3N4O3. The van der Waals surface area contributed by atoms with E-state index in [1.165, 1.54) is 19.2 Å². The fourth-order valence-corrected chi connectivity index (χ4v) is 4.36. The lowest BCUT2D eigenvalue weighted by Gasteiger charge is -2.35. The van der Waals surface area contributed by atoms with E-state index >= 15 is 0 Å². The average Bonchev–Trinajstić information content (AvgIpc) is 3.29. The van der Waals surface area contributed by atoms with E-state index in [-0.39, 0.29) is 23.5 Å². The maximum Gasteiger partial charge on any atom is 0.387 e. The summed E-state index contributed by atoms with van der Waals surface area (Å²) in [5.74, 6) is -1.13. The summed E-state index contributed by atoms with van der Waals surface area (Å²) >= 11 is 0. The maximum atomic E-state index is 13.3. The van der Waals surface area contributed by atoms with Gasteiger partial charge < -0.3 is 14.8 Å². The van der Waals surface area contributed by atoms with Crippen LogP contribution in [0, 0.1) is 11.3 Å². The van der Waals surface area contributed by atoms with Crippen molar-refractivity contribution in [2.24, 2.45) is 0 Å². The van der Waals surface area contributed by atoms with E-state index in [0.29, 0.717) is 16.6 Å². The molecule has 0 spiro atoms. The number of nitrogens with one attached hydrogen (secondary N) is 1. The van der Waals surface area contributed by atoms with Crippen LogP contribution in [0.3, 0.4) is 0 Å². The molecule has 2 aliphatic carbocycles. The third-order valence-electron chi connectivity index (χ3n) is 6.56. The zero-order chi connectivity index (χ0) is 24.0. The van der Waals surface area contributed by atoms with Crippen LogP contribution in [0.15, 0.2) is 36.7 Å². The van der Waals surface area contributed by atoms with E-state index in [1.807, 2.05) is 12.1 Å². The minimum atomic E-state index is -3.18. The highest BCUT2D eigenvalue weighted by Gasteiger charge is 2.40. The van der Waals surface area contributed by atoms with Crippen LogP contribution in [0.25, 0.3) is 16.6 Å². The van der Waals surface area contributed by atoms with Crippen LogP contribution in [0.4, 0.5) is 13.2 Å². The molecule has 1 amide bonds. The number of hydrogen-bond acceptors (Lipinski definition) is 5. The summed E-state index contributed by atoms with van der Waals surface area (Å²) in [7, 11) is 1.31. The summed E-state index contributed by atoms with van der Waals surface area (Å²) in [6, 6.07) is 8.30. The van der Waals surface area contributed by atoms with Crippen LogP contribution >= 0.6 is 0 Å². The highest BCUT2D eigenvalue weighted by atomic mass is 19.3. The molecule has 2 heterocycles. The summed E-state index contributed by atoms with van der Waals surface area (Å²) in [6.45, 7) is -3.18. The number of rotatable bonds is 7. The predicted molar refractivity (Wildman–Crippen MR) is 116 cm³/mol. The van der Waals surface area contributed by atoms with Gasteiger partial charge in [0.1, 0.15) is 23.2 Å². The predicted octanol–water partition coefficient (Wildman–Crippen LogP) is 4.40. The van der Waals surface area contributed by atoms with E-state index in [4.69, 9.17) is 4.74 Å². The van der Waals surface area contributed by atoms with Gasteiger partial charge in [-0.2, -0.15) is 19.1 Å². The Labute approximate surface area is 193 Å². The molecular weight excluding hydrogens is 449 g/mol. The summed E-state index contributed by atoms with van der Waals surface area (Å²) < 4.78 is 51.3. The van der Waals surface area contributed by atoms with Gasteiger partial charge >= 0.3 is 6.61 Å². The zero-order valence-electron chi connectivity index (χ0n) is 18.2. The Morgan fingerprint density at radius 1 is 1.32 bits per heavy atom. The first-order chi connectivity index (χ1) is 16.3. The molecule has 176 valence electrons. The van der Waals surface area contributed by atoms with Crippen molar-refractivity contribution < 1.29 is 27.4 Å². The van der Waals surface area contributed by atoms with Crippen molar-refractivity contribution in [2.45, 2.75) is 49.9 Å². The lowest BCUT2D eigenvalue weighted by atomic mass is 9.66. The number of carbonyl (C=O) groups is 1. The minimum absolute atomic E-state index is 0.00980. The van der Waals surface area contributed by atoms with Crippen molar-refractivity contribution in [1.29, 1.82) is 5.26 Å². The number of methoxy groups -OCH3 is 1. The minimum Gasteiger partial charge on any atom is -0.496 e. The van der Waals surface area contributed by atoms with Crippen LogP contribution in [-0.2, 0) is 5.41 Å². The monoisotopic (exact) mass is 470 g/mol. The van der Waals surface area contributed by atoms with Crippen LogP contribution in [0.1, 0.15) is 41.6 Å². The number of aromatic nitrogens is 2. The number of ether oxygens (including phenoxy) is 2. The number of alkyl halides is 3. The zero-order valence-corrected chi connectivity index (χ0v) is 18.2. The first kappa shape index (κ1) is 22.1. The lowest BCUT2D eigenvalue weighted by molar-refractivity contribution is -0.0502. The second kappa shape index (κ2) is 8.24. The van der Waals surface area contributed by atoms with E-state index in [9.17, 15) is 23.2 Å². The van der Waals surface area contributed by atoms with Crippen LogP contribution in [0.5, 0.6) is 11.5 Å². The standard InChI is InChI=1S/C24H21F3N4O3/c1-33-19-7-13(8-20(34-23(26)27)21(19)22(32)30-17-9-16(17)25)15-10-29-31-11-14(3-4-18(15)31)24(12-28)5-2-6-24/h3-4,7-8,10-11,16-17,23H,2,5-6,9H2,1H3,(H,30,32). The smallest absolute Gasteiger partial charge is 0.387 e. The first-order valence-corrected chi connectivity index (χ1v) is 10.9. The van der Waals surface area contributed by atoms with Crippen molar-refractivity contribution in [3.63, 3.8) is 0 Å². The molecule has 2 aromatic heterocycles. The normalized spacial score (nSPS) is 20.5. The maximum absolute atomic E-state index is 13.3. The summed E-state index contributed by atoms with van der Waals surface area (Å²) in [5.41, 5.74) is 1.86. The number of amides is 1. The lowest BCUT2D eigenvalue weighted by Crippen LogP contribution is -2.32. The number of hydrogen-bond donors (Lipinski definition) is 1. The Bertz CT molecular complexity index is 1310. The van der Waals surface area contributed by atoms with Gasteiger partial charge in [0.15, 0.2) is 0 Å². The molecule has 0 radical (unpaired) electrons. The summed E-state index contributed by atoms with van der Waals surface area (Å²) in [5, 5.41) is 16.5. The molecule has 2 aliphatic rings. The third-order valence-corrected chi connectivity index (χ3v) is 6.56. The summed E-state index contributed by atoms with van der Waals surface area (Å²) in [6.07, 6.45) is 4.98. The van der Waals surface area contributed by atoms with E-state index in [0.717, 1.165) is 24.8 Å². The molecule has 7 nitrogen and oxygen atoms in total. The molecule has 2 unspecified atom stereocenters. The molecule has 34 heavy (non-hydrogen) atoms. The molecule has 5 rings (SSSR count). The van der Waals surface area contributed by atoms with Gasteiger partial charge in [-0.15, -0.1) is 0 Å². The van der Waals surface area contributed by atoms with Gasteiger partial charge in [0.2, 0.25) is 0 Å². The Morgan fingerprint density at radius 2 is 2.06 bits per heavy atom. The molecule has 1 N–H and O–H groups in total. The molecule has 2 saturated carbocycles. The van der Waals surface area contributed by atoms with Crippen molar-refractivity contribution in [1.82, 2.24) is 14.9 Å². The van der Waals surface area contributed by atoms with E-state index < -0.39 is 30.1 Å². The highest BCUT2D eigenvalue weighted by molar-refractivity contribution is 6.01. The topological polar surface area (TPSA) is 88.7 Å². The summed E-state index contributed by atoms with van der Waals surface area (Å²) in [4.78, 5) is 12.7. The molecule has 0 bridgehead atoms. The molecule has 0 saturated heterocycles. The van der Waals surface area contributed by atoms with E-state index in [1.54, 1.807) is 16.9 Å².